The minimum atomic E-state index is -0.768. The Morgan fingerprint density at radius 3 is 2.31 bits per heavy atom. The van der Waals surface area contributed by atoms with Crippen molar-refractivity contribution in [3.63, 3.8) is 0 Å². The van der Waals surface area contributed by atoms with Gasteiger partial charge < -0.3 is 9.47 Å². The van der Waals surface area contributed by atoms with Gasteiger partial charge in [0.05, 0.1) is 4.92 Å². The van der Waals surface area contributed by atoms with Crippen LogP contribution in [-0.4, -0.2) is 39.6 Å². The molecule has 1 aromatic carbocycles. The number of carbonyl (C=O) groups excluding carboxylic acids is 2. The van der Waals surface area contributed by atoms with E-state index in [9.17, 15) is 19.7 Å². The second-order valence-corrected chi connectivity index (χ2v) is 7.33. The first-order valence-corrected chi connectivity index (χ1v) is 8.50. The first kappa shape index (κ1) is 19.7. The predicted molar refractivity (Wildman–Crippen MR) is 93.4 cm³/mol. The second kappa shape index (κ2) is 7.72. The van der Waals surface area contributed by atoms with E-state index in [1.165, 1.54) is 29.2 Å². The fourth-order valence-electron chi connectivity index (χ4n) is 2.39. The number of nitro groups is 1. The van der Waals surface area contributed by atoms with Gasteiger partial charge in [0.15, 0.2) is 0 Å². The predicted octanol–water partition coefficient (Wildman–Crippen LogP) is 3.43. The Kier molecular flexibility index (Phi) is 5.84. The van der Waals surface area contributed by atoms with Crippen molar-refractivity contribution < 1.29 is 24.0 Å². The van der Waals surface area contributed by atoms with Crippen LogP contribution in [0.15, 0.2) is 24.3 Å². The molecule has 0 aliphatic heterocycles. The molecule has 8 nitrogen and oxygen atoms in total. The standard InChI is InChI=1S/C18H24N2O6/c1-12(19(14-9-10-14)17(22)26-18(2,3)4)16(21)25-11-13-5-7-15(8-6-13)20(23)24/h5-8,12,14H,9-11H2,1-4H3. The third-order valence-electron chi connectivity index (χ3n) is 3.83. The molecule has 1 atom stereocenters. The van der Waals surface area contributed by atoms with E-state index in [1.54, 1.807) is 27.7 Å². The molecule has 1 saturated carbocycles. The zero-order chi connectivity index (χ0) is 19.5. The average molecular weight is 364 g/mol. The van der Waals surface area contributed by atoms with E-state index in [4.69, 9.17) is 9.47 Å². The number of nitro benzene ring substituents is 1. The Labute approximate surface area is 152 Å². The van der Waals surface area contributed by atoms with Gasteiger partial charge in [0.25, 0.3) is 5.69 Å². The van der Waals surface area contributed by atoms with E-state index >= 15 is 0 Å². The van der Waals surface area contributed by atoms with Crippen molar-refractivity contribution in [1.29, 1.82) is 0 Å². The van der Waals surface area contributed by atoms with Gasteiger partial charge in [0.2, 0.25) is 0 Å². The highest BCUT2D eigenvalue weighted by atomic mass is 16.6. The zero-order valence-corrected chi connectivity index (χ0v) is 15.4. The van der Waals surface area contributed by atoms with Crippen molar-refractivity contribution in [1.82, 2.24) is 4.90 Å². The van der Waals surface area contributed by atoms with Crippen LogP contribution in [0.2, 0.25) is 0 Å². The maximum Gasteiger partial charge on any atom is 0.411 e. The lowest BCUT2D eigenvalue weighted by Crippen LogP contribution is -2.47. The SMILES string of the molecule is CC(C(=O)OCc1ccc([N+](=O)[O-])cc1)N(C(=O)OC(C)(C)C)C1CC1. The summed E-state index contributed by atoms with van der Waals surface area (Å²) in [7, 11) is 0. The van der Waals surface area contributed by atoms with Gasteiger partial charge in [-0.3, -0.25) is 15.0 Å². The molecule has 2 rings (SSSR count). The number of ether oxygens (including phenoxy) is 2. The number of non-ortho nitro benzene ring substituents is 1. The number of esters is 1. The largest absolute Gasteiger partial charge is 0.459 e. The number of carbonyl (C=O) groups is 2. The molecule has 0 N–H and O–H groups in total. The topological polar surface area (TPSA) is 99.0 Å². The molecule has 1 amide bonds. The Morgan fingerprint density at radius 1 is 1.27 bits per heavy atom. The smallest absolute Gasteiger partial charge is 0.411 e. The molecule has 26 heavy (non-hydrogen) atoms. The minimum absolute atomic E-state index is 0.00762. The van der Waals surface area contributed by atoms with Crippen LogP contribution in [0.25, 0.3) is 0 Å². The van der Waals surface area contributed by atoms with Crippen LogP contribution in [0.4, 0.5) is 10.5 Å². The molecule has 0 aromatic heterocycles. The Hall–Kier alpha value is -2.64. The lowest BCUT2D eigenvalue weighted by molar-refractivity contribution is -0.384. The number of benzene rings is 1. The van der Waals surface area contributed by atoms with Gasteiger partial charge in [-0.15, -0.1) is 0 Å². The van der Waals surface area contributed by atoms with Gasteiger partial charge >= 0.3 is 12.1 Å². The van der Waals surface area contributed by atoms with Crippen molar-refractivity contribution in [2.45, 2.75) is 64.8 Å². The summed E-state index contributed by atoms with van der Waals surface area (Å²) in [6.45, 7) is 6.91. The second-order valence-electron chi connectivity index (χ2n) is 7.33. The molecular formula is C18H24N2O6. The van der Waals surface area contributed by atoms with Gasteiger partial charge in [-0.05, 0) is 58.2 Å². The molecule has 1 aliphatic carbocycles. The maximum atomic E-state index is 12.4. The fourth-order valence-corrected chi connectivity index (χ4v) is 2.39. The molecule has 0 saturated heterocycles. The minimum Gasteiger partial charge on any atom is -0.459 e. The van der Waals surface area contributed by atoms with E-state index in [0.29, 0.717) is 5.56 Å². The number of nitrogens with zero attached hydrogens (tertiary/aromatic N) is 2. The average Bonchev–Trinajstić information content (AvgIpc) is 3.36. The highest BCUT2D eigenvalue weighted by Gasteiger charge is 2.41. The van der Waals surface area contributed by atoms with Crippen LogP contribution in [0.3, 0.4) is 0 Å². The molecule has 0 heterocycles. The number of amides is 1. The van der Waals surface area contributed by atoms with Crippen molar-refractivity contribution in [3.05, 3.63) is 39.9 Å². The van der Waals surface area contributed by atoms with E-state index in [-0.39, 0.29) is 18.3 Å². The monoisotopic (exact) mass is 364 g/mol. The summed E-state index contributed by atoms with van der Waals surface area (Å²) in [6.07, 6.45) is 1.14. The first-order chi connectivity index (χ1) is 12.1. The van der Waals surface area contributed by atoms with E-state index < -0.39 is 28.6 Å². The van der Waals surface area contributed by atoms with Crippen LogP contribution in [0.5, 0.6) is 0 Å². The van der Waals surface area contributed by atoms with Crippen LogP contribution < -0.4 is 0 Å². The summed E-state index contributed by atoms with van der Waals surface area (Å²) in [6, 6.07) is 4.99. The molecule has 0 spiro atoms. The summed E-state index contributed by atoms with van der Waals surface area (Å²) in [4.78, 5) is 36.3. The third-order valence-corrected chi connectivity index (χ3v) is 3.83. The molecule has 142 valence electrons. The Bertz CT molecular complexity index is 676. The maximum absolute atomic E-state index is 12.4. The van der Waals surface area contributed by atoms with Crippen LogP contribution in [0, 0.1) is 10.1 Å². The number of hydrogen-bond acceptors (Lipinski definition) is 6. The normalized spacial score (nSPS) is 15.1. The summed E-state index contributed by atoms with van der Waals surface area (Å²) in [5, 5.41) is 10.6. The lowest BCUT2D eigenvalue weighted by atomic mass is 10.2. The van der Waals surface area contributed by atoms with Crippen LogP contribution in [0.1, 0.15) is 46.1 Å². The van der Waals surface area contributed by atoms with Gasteiger partial charge in [0.1, 0.15) is 18.2 Å². The molecule has 1 unspecified atom stereocenters. The summed E-state index contributed by atoms with van der Waals surface area (Å²) >= 11 is 0. The van der Waals surface area contributed by atoms with E-state index in [1.807, 2.05) is 0 Å². The van der Waals surface area contributed by atoms with Gasteiger partial charge in [0, 0.05) is 18.2 Å². The lowest BCUT2D eigenvalue weighted by Gasteiger charge is -2.30. The van der Waals surface area contributed by atoms with E-state index in [0.717, 1.165) is 12.8 Å². The van der Waals surface area contributed by atoms with Crippen LogP contribution in [-0.2, 0) is 20.9 Å². The van der Waals surface area contributed by atoms with Crippen molar-refractivity contribution >= 4 is 17.7 Å². The van der Waals surface area contributed by atoms with Gasteiger partial charge in [-0.1, -0.05) is 0 Å². The van der Waals surface area contributed by atoms with Crippen molar-refractivity contribution in [2.75, 3.05) is 0 Å². The molecule has 8 heteroatoms. The quantitative estimate of drug-likeness (QED) is 0.436. The highest BCUT2D eigenvalue weighted by molar-refractivity contribution is 5.81. The number of hydrogen-bond donors (Lipinski definition) is 0. The molecule has 1 aliphatic rings. The molecule has 1 fully saturated rings. The summed E-state index contributed by atoms with van der Waals surface area (Å²) in [5.74, 6) is -0.541. The highest BCUT2D eigenvalue weighted by Crippen LogP contribution is 2.30. The molecule has 1 aromatic rings. The van der Waals surface area contributed by atoms with Crippen molar-refractivity contribution in [3.8, 4) is 0 Å². The summed E-state index contributed by atoms with van der Waals surface area (Å²) in [5.41, 5.74) is -0.0447. The molecular weight excluding hydrogens is 340 g/mol. The fraction of sp³-hybridized carbons (Fsp3) is 0.556. The van der Waals surface area contributed by atoms with Gasteiger partial charge in [-0.25, -0.2) is 9.59 Å². The van der Waals surface area contributed by atoms with Gasteiger partial charge in [-0.2, -0.15) is 0 Å². The molecule has 0 bridgehead atoms. The van der Waals surface area contributed by atoms with Crippen LogP contribution >= 0.6 is 0 Å². The Balaban J connectivity index is 1.96. The molecule has 0 radical (unpaired) electrons. The Morgan fingerprint density at radius 2 is 1.85 bits per heavy atom. The third kappa shape index (κ3) is 5.44. The zero-order valence-electron chi connectivity index (χ0n) is 15.4. The first-order valence-electron chi connectivity index (χ1n) is 8.50. The van der Waals surface area contributed by atoms with E-state index in [2.05, 4.69) is 0 Å². The number of rotatable bonds is 6. The summed E-state index contributed by atoms with van der Waals surface area (Å²) < 4.78 is 10.7. The van der Waals surface area contributed by atoms with Crippen molar-refractivity contribution in [2.24, 2.45) is 0 Å².